The second-order valence-corrected chi connectivity index (χ2v) is 13.9. The van der Waals surface area contributed by atoms with Crippen LogP contribution in [0, 0.1) is 11.7 Å². The third-order valence-corrected chi connectivity index (χ3v) is 9.54. The Morgan fingerprint density at radius 1 is 1.30 bits per heavy atom. The van der Waals surface area contributed by atoms with E-state index in [1.54, 1.807) is 25.5 Å². The molecule has 1 fully saturated rings. The highest BCUT2D eigenvalue weighted by Gasteiger charge is 2.39. The van der Waals surface area contributed by atoms with Gasteiger partial charge in [-0.25, -0.2) is 17.8 Å². The van der Waals surface area contributed by atoms with Gasteiger partial charge in [-0.3, -0.25) is 9.48 Å². The van der Waals surface area contributed by atoms with Crippen molar-refractivity contribution in [2.45, 2.75) is 83.2 Å². The molecule has 1 aliphatic carbocycles. The van der Waals surface area contributed by atoms with Crippen LogP contribution in [0.2, 0.25) is 0 Å². The summed E-state index contributed by atoms with van der Waals surface area (Å²) < 4.78 is 82.9. The van der Waals surface area contributed by atoms with Gasteiger partial charge in [0.05, 0.1) is 35.0 Å². The largest absolute Gasteiger partial charge is 0.468 e. The zero-order valence-corrected chi connectivity index (χ0v) is 23.6. The average molecular weight is 591 g/mol. The maximum absolute atomic E-state index is 15.0. The molecule has 0 bridgehead atoms. The number of sulfone groups is 1. The molecule has 0 radical (unpaired) electrons. The van der Waals surface area contributed by atoms with Gasteiger partial charge >= 0.3 is 6.18 Å². The van der Waals surface area contributed by atoms with Crippen molar-refractivity contribution in [2.75, 3.05) is 18.1 Å². The van der Waals surface area contributed by atoms with Crippen LogP contribution in [0.5, 0.6) is 5.88 Å². The number of aliphatic hydroxyl groups is 1. The van der Waals surface area contributed by atoms with Gasteiger partial charge in [0.2, 0.25) is 11.8 Å². The van der Waals surface area contributed by atoms with Crippen LogP contribution in [0.3, 0.4) is 0 Å². The first kappa shape index (κ1) is 30.2. The third kappa shape index (κ3) is 6.76. The molecule has 2 atom stereocenters. The highest BCUT2D eigenvalue weighted by molar-refractivity contribution is 7.91. The molecule has 222 valence electrons. The minimum Gasteiger partial charge on any atom is -0.468 e. The summed E-state index contributed by atoms with van der Waals surface area (Å²) in [7, 11) is -3.11. The molecule has 9 nitrogen and oxygen atoms in total. The predicted molar refractivity (Wildman–Crippen MR) is 138 cm³/mol. The number of alkyl halides is 3. The Labute approximate surface area is 230 Å². The van der Waals surface area contributed by atoms with E-state index < -0.39 is 57.4 Å². The number of carbonyl (C=O) groups excluding carboxylic acids is 1. The first-order valence-corrected chi connectivity index (χ1v) is 14.9. The van der Waals surface area contributed by atoms with E-state index >= 15 is 0 Å². The van der Waals surface area contributed by atoms with Gasteiger partial charge < -0.3 is 15.2 Å². The van der Waals surface area contributed by atoms with Crippen molar-refractivity contribution in [1.82, 2.24) is 20.1 Å². The molecule has 2 aliphatic rings. The van der Waals surface area contributed by atoms with Gasteiger partial charge in [0.1, 0.15) is 9.84 Å². The first-order chi connectivity index (χ1) is 18.4. The van der Waals surface area contributed by atoms with Crippen molar-refractivity contribution in [3.05, 3.63) is 29.3 Å². The Kier molecular flexibility index (Phi) is 8.00. The summed E-state index contributed by atoms with van der Waals surface area (Å²) in [6.07, 6.45) is -2.24. The van der Waals surface area contributed by atoms with E-state index in [2.05, 4.69) is 15.4 Å². The van der Waals surface area contributed by atoms with Crippen LogP contribution >= 0.6 is 0 Å². The van der Waals surface area contributed by atoms with Crippen molar-refractivity contribution >= 4 is 15.7 Å². The number of ether oxygens (including phenoxy) is 1. The molecular formula is C26H34F4N4O5S. The molecule has 3 heterocycles. The minimum atomic E-state index is -4.60. The summed E-state index contributed by atoms with van der Waals surface area (Å²) >= 11 is 0. The zero-order valence-electron chi connectivity index (χ0n) is 22.8. The molecule has 0 aromatic carbocycles. The Bertz CT molecular complexity index is 1370. The molecule has 1 saturated heterocycles. The maximum Gasteiger partial charge on any atom is 0.422 e. The number of nitrogens with one attached hydrogen (secondary N) is 1. The van der Waals surface area contributed by atoms with Crippen LogP contribution < -0.4 is 10.1 Å². The number of rotatable bonds is 7. The van der Waals surface area contributed by atoms with Gasteiger partial charge in [0, 0.05) is 40.8 Å². The van der Waals surface area contributed by atoms with E-state index in [1.807, 2.05) is 6.92 Å². The summed E-state index contributed by atoms with van der Waals surface area (Å²) in [6, 6.07) is 0.475. The molecule has 2 N–H and O–H groups in total. The SMILES string of the molecule is C[C@@H](n1nc(-c2cc(OCC(F)(F)F)ncc2F)c2c1C[C@H](C(=O)NC1(C)CCS(=O)(=O)CC1)CC2)C(C)(C)O. The van der Waals surface area contributed by atoms with E-state index in [0.717, 1.165) is 12.3 Å². The second kappa shape index (κ2) is 10.6. The summed E-state index contributed by atoms with van der Waals surface area (Å²) in [4.78, 5) is 16.9. The van der Waals surface area contributed by atoms with Crippen molar-refractivity contribution in [2.24, 2.45) is 5.92 Å². The third-order valence-electron chi connectivity index (χ3n) is 7.88. The quantitative estimate of drug-likeness (QED) is 0.473. The molecule has 0 unspecified atom stereocenters. The Balaban J connectivity index is 1.66. The number of pyridine rings is 1. The van der Waals surface area contributed by atoms with Gasteiger partial charge in [0.15, 0.2) is 12.4 Å². The van der Waals surface area contributed by atoms with Crippen molar-refractivity contribution in [3.63, 3.8) is 0 Å². The molecule has 1 amide bonds. The predicted octanol–water partition coefficient (Wildman–Crippen LogP) is 3.55. The number of nitrogens with zero attached hydrogens (tertiary/aromatic N) is 3. The Hall–Kier alpha value is -2.74. The molecule has 1 aliphatic heterocycles. The van der Waals surface area contributed by atoms with Gasteiger partial charge in [-0.1, -0.05) is 0 Å². The van der Waals surface area contributed by atoms with Crippen LogP contribution in [0.4, 0.5) is 17.6 Å². The summed E-state index contributed by atoms with van der Waals surface area (Å²) in [5.41, 5.74) is -0.564. The number of hydrogen-bond acceptors (Lipinski definition) is 7. The van der Waals surface area contributed by atoms with Crippen LogP contribution in [0.1, 0.15) is 64.3 Å². The number of amides is 1. The molecule has 4 rings (SSSR count). The van der Waals surface area contributed by atoms with Crippen molar-refractivity contribution in [3.8, 4) is 17.1 Å². The Morgan fingerprint density at radius 3 is 2.55 bits per heavy atom. The lowest BCUT2D eigenvalue weighted by Crippen LogP contribution is -2.53. The molecule has 0 saturated carbocycles. The number of aromatic nitrogens is 3. The number of fused-ring (bicyclic) bond motifs is 1. The van der Waals surface area contributed by atoms with E-state index in [1.165, 1.54) is 0 Å². The van der Waals surface area contributed by atoms with Gasteiger partial charge in [-0.15, -0.1) is 0 Å². The maximum atomic E-state index is 15.0. The fourth-order valence-electron chi connectivity index (χ4n) is 5.05. The molecule has 2 aromatic rings. The van der Waals surface area contributed by atoms with Crippen LogP contribution in [-0.2, 0) is 27.5 Å². The topological polar surface area (TPSA) is 123 Å². The second-order valence-electron chi connectivity index (χ2n) is 11.6. The van der Waals surface area contributed by atoms with Gasteiger partial charge in [0.25, 0.3) is 0 Å². The number of hydrogen-bond donors (Lipinski definition) is 2. The van der Waals surface area contributed by atoms with E-state index in [0.29, 0.717) is 36.9 Å². The molecule has 14 heteroatoms. The smallest absolute Gasteiger partial charge is 0.422 e. The fourth-order valence-corrected chi connectivity index (χ4v) is 6.77. The van der Waals surface area contributed by atoms with Crippen molar-refractivity contribution < 1.29 is 40.6 Å². The van der Waals surface area contributed by atoms with Crippen molar-refractivity contribution in [1.29, 1.82) is 0 Å². The van der Waals surface area contributed by atoms with Gasteiger partial charge in [-0.2, -0.15) is 18.3 Å². The van der Waals surface area contributed by atoms with Crippen LogP contribution in [0.15, 0.2) is 12.3 Å². The summed E-state index contributed by atoms with van der Waals surface area (Å²) in [6.45, 7) is 5.15. The van der Waals surface area contributed by atoms with E-state index in [4.69, 9.17) is 4.74 Å². The highest BCUT2D eigenvalue weighted by atomic mass is 32.2. The molecular weight excluding hydrogens is 556 g/mol. The lowest BCUT2D eigenvalue weighted by Gasteiger charge is -2.36. The first-order valence-electron chi connectivity index (χ1n) is 13.1. The number of carbonyl (C=O) groups is 1. The number of halogens is 4. The Morgan fingerprint density at radius 2 is 1.95 bits per heavy atom. The van der Waals surface area contributed by atoms with E-state index in [9.17, 15) is 35.9 Å². The standard InChI is InChI=1S/C26H34F4N4O5S/c1-15(24(2,3)36)34-20-11-16(23(35)32-25(4)7-9-40(37,38)10-8-25)5-6-17(20)22(33-34)18-12-21(31-13-19(18)27)39-14-26(28,29)30/h12-13,15-16,36H,5-11,14H2,1-4H3,(H,32,35)/t15-,16-/m1/s1. The highest BCUT2D eigenvalue weighted by Crippen LogP contribution is 2.38. The zero-order chi connectivity index (χ0) is 29.7. The molecule has 0 spiro atoms. The van der Waals surface area contributed by atoms with E-state index in [-0.39, 0.29) is 35.1 Å². The molecule has 40 heavy (non-hydrogen) atoms. The van der Waals surface area contributed by atoms with Crippen LogP contribution in [0.25, 0.3) is 11.3 Å². The monoisotopic (exact) mass is 590 g/mol. The lowest BCUT2D eigenvalue weighted by atomic mass is 9.83. The summed E-state index contributed by atoms with van der Waals surface area (Å²) in [5, 5.41) is 18.4. The van der Waals surface area contributed by atoms with Gasteiger partial charge in [-0.05, 0) is 53.4 Å². The normalized spacial score (nSPS) is 21.4. The fraction of sp³-hybridized carbons (Fsp3) is 0.654. The average Bonchev–Trinajstić information content (AvgIpc) is 3.22. The minimum absolute atomic E-state index is 0.00396. The summed E-state index contributed by atoms with van der Waals surface area (Å²) in [5.74, 6) is -1.91. The molecule has 2 aromatic heterocycles. The lowest BCUT2D eigenvalue weighted by molar-refractivity contribution is -0.154. The van der Waals surface area contributed by atoms with Crippen LogP contribution in [-0.4, -0.2) is 69.6 Å².